The smallest absolute Gasteiger partial charge is 0.340 e. The molecule has 0 saturated carbocycles. The van der Waals surface area contributed by atoms with Crippen LogP contribution >= 0.6 is 0 Å². The number of aromatic nitrogens is 1. The Hall–Kier alpha value is -3.13. The third kappa shape index (κ3) is 4.48. The van der Waals surface area contributed by atoms with Crippen molar-refractivity contribution >= 4 is 17.8 Å². The average Bonchev–Trinajstić information content (AvgIpc) is 2.94. The number of nitrogens with one attached hydrogen (secondary N) is 3. The molecule has 0 radical (unpaired) electrons. The van der Waals surface area contributed by atoms with Crippen LogP contribution in [0.3, 0.4) is 0 Å². The molecule has 8 heteroatoms. The van der Waals surface area contributed by atoms with Crippen LogP contribution in [0.4, 0.5) is 0 Å². The molecule has 0 spiro atoms. The van der Waals surface area contributed by atoms with Gasteiger partial charge in [-0.25, -0.2) is 4.79 Å². The van der Waals surface area contributed by atoms with E-state index in [-0.39, 0.29) is 18.9 Å². The number of hydrazine groups is 1. The van der Waals surface area contributed by atoms with Gasteiger partial charge in [0.25, 0.3) is 11.8 Å². The van der Waals surface area contributed by atoms with Gasteiger partial charge in [0.15, 0.2) is 0 Å². The lowest BCUT2D eigenvalue weighted by Crippen LogP contribution is -2.42. The molecule has 26 heavy (non-hydrogen) atoms. The molecule has 1 heterocycles. The van der Waals surface area contributed by atoms with Crippen molar-refractivity contribution in [3.63, 3.8) is 0 Å². The van der Waals surface area contributed by atoms with E-state index in [1.165, 1.54) is 7.11 Å². The highest BCUT2D eigenvalue weighted by atomic mass is 16.6. The van der Waals surface area contributed by atoms with Gasteiger partial charge in [-0.15, -0.1) is 0 Å². The Balaban J connectivity index is 2.04. The summed E-state index contributed by atoms with van der Waals surface area (Å²) in [4.78, 5) is 39.3. The van der Waals surface area contributed by atoms with Crippen molar-refractivity contribution in [3.05, 3.63) is 58.4 Å². The van der Waals surface area contributed by atoms with E-state index in [0.717, 1.165) is 0 Å². The SMILES string of the molecule is COCCOC(=O)c1c(C)[nH]c(C(=O)NNC(=O)c2ccccc2)c1C. The van der Waals surface area contributed by atoms with E-state index >= 15 is 0 Å². The van der Waals surface area contributed by atoms with E-state index in [1.807, 2.05) is 0 Å². The lowest BCUT2D eigenvalue weighted by molar-refractivity contribution is 0.0386. The summed E-state index contributed by atoms with van der Waals surface area (Å²) < 4.78 is 9.93. The summed E-state index contributed by atoms with van der Waals surface area (Å²) in [5.41, 5.74) is 6.49. The van der Waals surface area contributed by atoms with E-state index < -0.39 is 17.8 Å². The van der Waals surface area contributed by atoms with Crippen molar-refractivity contribution in [2.45, 2.75) is 13.8 Å². The van der Waals surface area contributed by atoms with Crippen molar-refractivity contribution in [2.24, 2.45) is 0 Å². The highest BCUT2D eigenvalue weighted by molar-refractivity contribution is 6.02. The summed E-state index contributed by atoms with van der Waals surface area (Å²) in [5, 5.41) is 0. The first kappa shape index (κ1) is 19.2. The first-order valence-electron chi connectivity index (χ1n) is 7.96. The first-order chi connectivity index (χ1) is 12.5. The number of amides is 2. The molecule has 8 nitrogen and oxygen atoms in total. The second kappa shape index (κ2) is 8.82. The number of aryl methyl sites for hydroxylation is 1. The molecule has 0 saturated heterocycles. The van der Waals surface area contributed by atoms with Gasteiger partial charge in [0, 0.05) is 18.4 Å². The fourth-order valence-electron chi connectivity index (χ4n) is 2.41. The van der Waals surface area contributed by atoms with Crippen LogP contribution in [0.25, 0.3) is 0 Å². The maximum atomic E-state index is 12.3. The number of carbonyl (C=O) groups is 3. The van der Waals surface area contributed by atoms with Gasteiger partial charge < -0.3 is 14.5 Å². The number of methoxy groups -OCH3 is 1. The van der Waals surface area contributed by atoms with Gasteiger partial charge in [0.05, 0.1) is 12.2 Å². The normalized spacial score (nSPS) is 10.3. The minimum Gasteiger partial charge on any atom is -0.460 e. The summed E-state index contributed by atoms with van der Waals surface area (Å²) in [6, 6.07) is 8.47. The zero-order valence-electron chi connectivity index (χ0n) is 14.8. The molecule has 0 aliphatic heterocycles. The van der Waals surface area contributed by atoms with Crippen LogP contribution in [0.1, 0.15) is 42.5 Å². The molecule has 1 aromatic carbocycles. The quantitative estimate of drug-likeness (QED) is 0.411. The van der Waals surface area contributed by atoms with Gasteiger partial charge in [-0.1, -0.05) is 18.2 Å². The minimum absolute atomic E-state index is 0.119. The molecule has 2 amide bonds. The second-order valence-electron chi connectivity index (χ2n) is 5.53. The maximum absolute atomic E-state index is 12.3. The van der Waals surface area contributed by atoms with Crippen molar-refractivity contribution in [1.29, 1.82) is 0 Å². The van der Waals surface area contributed by atoms with Crippen LogP contribution in [-0.4, -0.2) is 43.1 Å². The molecule has 0 aliphatic carbocycles. The summed E-state index contributed by atoms with van der Waals surface area (Å²) >= 11 is 0. The fraction of sp³-hybridized carbons (Fsp3) is 0.278. The number of ether oxygens (including phenoxy) is 2. The molecule has 0 bridgehead atoms. The minimum atomic E-state index is -0.564. The monoisotopic (exact) mass is 359 g/mol. The fourth-order valence-corrected chi connectivity index (χ4v) is 2.41. The van der Waals surface area contributed by atoms with Crippen molar-refractivity contribution in [3.8, 4) is 0 Å². The Morgan fingerprint density at radius 3 is 2.31 bits per heavy atom. The largest absolute Gasteiger partial charge is 0.460 e. The average molecular weight is 359 g/mol. The third-order valence-corrected chi connectivity index (χ3v) is 3.71. The lowest BCUT2D eigenvalue weighted by Gasteiger charge is -2.07. The Bertz CT molecular complexity index is 799. The van der Waals surface area contributed by atoms with E-state index in [4.69, 9.17) is 9.47 Å². The Labute approximate surface area is 150 Å². The first-order valence-corrected chi connectivity index (χ1v) is 7.96. The number of H-pyrrole nitrogens is 1. The number of benzene rings is 1. The van der Waals surface area contributed by atoms with Gasteiger partial charge in [0.2, 0.25) is 0 Å². The molecule has 0 aliphatic rings. The van der Waals surface area contributed by atoms with Crippen LogP contribution in [0.2, 0.25) is 0 Å². The predicted octanol–water partition coefficient (Wildman–Crippen LogP) is 1.51. The summed E-state index contributed by atoms with van der Waals surface area (Å²) in [6.45, 7) is 3.70. The number of esters is 1. The number of hydrogen-bond donors (Lipinski definition) is 3. The van der Waals surface area contributed by atoms with Crippen molar-refractivity contribution in [2.75, 3.05) is 20.3 Å². The summed E-state index contributed by atoms with van der Waals surface area (Å²) in [6.07, 6.45) is 0. The van der Waals surface area contributed by atoms with Crippen LogP contribution < -0.4 is 10.9 Å². The zero-order chi connectivity index (χ0) is 19.1. The topological polar surface area (TPSA) is 110 Å². The Morgan fingerprint density at radius 1 is 1.00 bits per heavy atom. The Morgan fingerprint density at radius 2 is 1.65 bits per heavy atom. The van der Waals surface area contributed by atoms with Crippen molar-refractivity contribution in [1.82, 2.24) is 15.8 Å². The molecule has 0 fully saturated rings. The van der Waals surface area contributed by atoms with Gasteiger partial charge in [-0.05, 0) is 31.5 Å². The number of hydrogen-bond acceptors (Lipinski definition) is 5. The van der Waals surface area contributed by atoms with Crippen molar-refractivity contribution < 1.29 is 23.9 Å². The second-order valence-corrected chi connectivity index (χ2v) is 5.53. The van der Waals surface area contributed by atoms with Gasteiger partial charge in [-0.3, -0.25) is 20.4 Å². The number of rotatable bonds is 6. The molecule has 138 valence electrons. The molecule has 0 unspecified atom stereocenters. The van der Waals surface area contributed by atoms with Crippen LogP contribution in [0, 0.1) is 13.8 Å². The number of carbonyl (C=O) groups excluding carboxylic acids is 3. The predicted molar refractivity (Wildman–Crippen MR) is 93.8 cm³/mol. The zero-order valence-corrected chi connectivity index (χ0v) is 14.8. The summed E-state index contributed by atoms with van der Waals surface area (Å²) in [5.74, 6) is -1.55. The third-order valence-electron chi connectivity index (χ3n) is 3.71. The highest BCUT2D eigenvalue weighted by Crippen LogP contribution is 2.19. The highest BCUT2D eigenvalue weighted by Gasteiger charge is 2.23. The van der Waals surface area contributed by atoms with Crippen LogP contribution in [0.5, 0.6) is 0 Å². The number of aromatic amines is 1. The van der Waals surface area contributed by atoms with E-state index in [2.05, 4.69) is 15.8 Å². The van der Waals surface area contributed by atoms with E-state index in [9.17, 15) is 14.4 Å². The lowest BCUT2D eigenvalue weighted by atomic mass is 10.1. The van der Waals surface area contributed by atoms with Gasteiger partial charge >= 0.3 is 5.97 Å². The molecule has 3 N–H and O–H groups in total. The van der Waals surface area contributed by atoms with Crippen LogP contribution in [-0.2, 0) is 9.47 Å². The standard InChI is InChI=1S/C18H21N3O5/c1-11-14(18(24)26-10-9-25-3)12(2)19-15(11)17(23)21-20-16(22)13-7-5-4-6-8-13/h4-8,19H,9-10H2,1-3H3,(H,20,22)(H,21,23). The molecule has 2 rings (SSSR count). The molecule has 1 aromatic heterocycles. The van der Waals surface area contributed by atoms with Gasteiger partial charge in [0.1, 0.15) is 12.3 Å². The Kier molecular flexibility index (Phi) is 6.51. The molecular weight excluding hydrogens is 338 g/mol. The van der Waals surface area contributed by atoms with E-state index in [0.29, 0.717) is 22.4 Å². The molecule has 2 aromatic rings. The summed E-state index contributed by atoms with van der Waals surface area (Å²) in [7, 11) is 1.51. The van der Waals surface area contributed by atoms with E-state index in [1.54, 1.807) is 44.2 Å². The van der Waals surface area contributed by atoms with Crippen LogP contribution in [0.15, 0.2) is 30.3 Å². The maximum Gasteiger partial charge on any atom is 0.340 e. The molecule has 0 atom stereocenters. The van der Waals surface area contributed by atoms with Gasteiger partial charge in [-0.2, -0.15) is 0 Å². The molecular formula is C18H21N3O5.